The monoisotopic (exact) mass is 391 g/mol. The first-order valence-corrected chi connectivity index (χ1v) is 9.60. The minimum atomic E-state index is -0.634. The Morgan fingerprint density at radius 3 is 2.21 bits per heavy atom. The highest BCUT2D eigenvalue weighted by atomic mass is 19.1. The Hall–Kier alpha value is -3.25. The van der Waals surface area contributed by atoms with Crippen LogP contribution in [0.4, 0.5) is 4.39 Å². The topological polar surface area (TPSA) is 66.6 Å². The molecule has 2 amide bonds. The first-order chi connectivity index (χ1) is 14.0. The predicted molar refractivity (Wildman–Crippen MR) is 110 cm³/mol. The summed E-state index contributed by atoms with van der Waals surface area (Å²) in [5, 5.41) is 1.96. The van der Waals surface area contributed by atoms with E-state index in [4.69, 9.17) is 5.73 Å². The highest BCUT2D eigenvalue weighted by Gasteiger charge is 2.31. The number of amides is 2. The molecule has 1 unspecified atom stereocenters. The van der Waals surface area contributed by atoms with E-state index in [0.29, 0.717) is 37.3 Å². The van der Waals surface area contributed by atoms with Crippen LogP contribution in [0.15, 0.2) is 66.7 Å². The van der Waals surface area contributed by atoms with E-state index in [0.717, 1.165) is 10.8 Å². The number of nitrogens with zero attached hydrogens (tertiary/aromatic N) is 2. The number of carbonyl (C=O) groups excluding carboxylic acids is 2. The van der Waals surface area contributed by atoms with Crippen molar-refractivity contribution in [2.24, 2.45) is 5.73 Å². The zero-order valence-corrected chi connectivity index (χ0v) is 15.9. The van der Waals surface area contributed by atoms with Gasteiger partial charge in [-0.1, -0.05) is 48.5 Å². The van der Waals surface area contributed by atoms with E-state index in [1.165, 1.54) is 12.1 Å². The normalized spacial score (nSPS) is 16.0. The van der Waals surface area contributed by atoms with Gasteiger partial charge in [0.25, 0.3) is 5.91 Å². The maximum absolute atomic E-state index is 13.2. The van der Waals surface area contributed by atoms with E-state index in [9.17, 15) is 14.0 Å². The Kier molecular flexibility index (Phi) is 5.27. The summed E-state index contributed by atoms with van der Waals surface area (Å²) < 4.78 is 13.2. The average Bonchev–Trinajstić information content (AvgIpc) is 2.75. The molecule has 5 nitrogen and oxygen atoms in total. The average molecular weight is 391 g/mol. The number of rotatable bonds is 4. The summed E-state index contributed by atoms with van der Waals surface area (Å²) in [6.45, 7) is 2.02. The van der Waals surface area contributed by atoms with Crippen LogP contribution in [0.3, 0.4) is 0 Å². The molecule has 3 aromatic rings. The van der Waals surface area contributed by atoms with Crippen molar-refractivity contribution in [2.45, 2.75) is 6.04 Å². The number of fused-ring (bicyclic) bond motifs is 1. The van der Waals surface area contributed by atoms with E-state index in [2.05, 4.69) is 0 Å². The van der Waals surface area contributed by atoms with Crippen LogP contribution in [0.5, 0.6) is 0 Å². The summed E-state index contributed by atoms with van der Waals surface area (Å²) in [5.41, 5.74) is 6.97. The molecule has 1 aliphatic rings. The molecule has 0 radical (unpaired) electrons. The number of nitrogens with two attached hydrogens (primary N) is 1. The van der Waals surface area contributed by atoms with Crippen molar-refractivity contribution < 1.29 is 14.0 Å². The standard InChI is InChI=1S/C23H22FN3O2/c24-18-10-8-17(9-11-18)21(22(25)28)26-12-14-27(15-13-26)23(29)20-7-3-5-16-4-1-2-6-19(16)20/h1-11,21H,12-15H2,(H2,25,28). The van der Waals surface area contributed by atoms with Crippen molar-refractivity contribution in [1.82, 2.24) is 9.80 Å². The van der Waals surface area contributed by atoms with Gasteiger partial charge in [-0.15, -0.1) is 0 Å². The van der Waals surface area contributed by atoms with Crippen LogP contribution in [0, 0.1) is 5.82 Å². The first-order valence-electron chi connectivity index (χ1n) is 9.60. The number of benzene rings is 3. The Morgan fingerprint density at radius 1 is 0.862 bits per heavy atom. The van der Waals surface area contributed by atoms with Crippen LogP contribution < -0.4 is 5.73 Å². The SMILES string of the molecule is NC(=O)C(c1ccc(F)cc1)N1CCN(C(=O)c2cccc3ccccc23)CC1. The van der Waals surface area contributed by atoms with Gasteiger partial charge in [-0.3, -0.25) is 14.5 Å². The first kappa shape index (κ1) is 19.1. The maximum Gasteiger partial charge on any atom is 0.254 e. The van der Waals surface area contributed by atoms with Crippen molar-refractivity contribution in [3.8, 4) is 0 Å². The number of halogens is 1. The molecule has 0 aromatic heterocycles. The summed E-state index contributed by atoms with van der Waals surface area (Å²) in [6, 6.07) is 18.7. The smallest absolute Gasteiger partial charge is 0.254 e. The summed E-state index contributed by atoms with van der Waals surface area (Å²) in [4.78, 5) is 28.9. The number of carbonyl (C=O) groups is 2. The minimum absolute atomic E-state index is 0.0149. The second kappa shape index (κ2) is 8.01. The lowest BCUT2D eigenvalue weighted by molar-refractivity contribution is -0.124. The van der Waals surface area contributed by atoms with Gasteiger partial charge in [0.15, 0.2) is 0 Å². The van der Waals surface area contributed by atoms with Gasteiger partial charge in [-0.2, -0.15) is 0 Å². The number of hydrogen-bond acceptors (Lipinski definition) is 3. The van der Waals surface area contributed by atoms with Crippen molar-refractivity contribution in [3.05, 3.63) is 83.7 Å². The van der Waals surface area contributed by atoms with Gasteiger partial charge in [0.05, 0.1) is 0 Å². The second-order valence-electron chi connectivity index (χ2n) is 7.21. The molecule has 1 saturated heterocycles. The molecular formula is C23H22FN3O2. The summed E-state index contributed by atoms with van der Waals surface area (Å²) >= 11 is 0. The molecule has 0 aliphatic carbocycles. The third-order valence-corrected chi connectivity index (χ3v) is 5.44. The molecule has 1 heterocycles. The third kappa shape index (κ3) is 3.84. The van der Waals surface area contributed by atoms with Gasteiger partial charge >= 0.3 is 0 Å². The fourth-order valence-electron chi connectivity index (χ4n) is 3.97. The van der Waals surface area contributed by atoms with Crippen LogP contribution in [0.1, 0.15) is 22.0 Å². The third-order valence-electron chi connectivity index (χ3n) is 5.44. The van der Waals surface area contributed by atoms with Crippen molar-refractivity contribution in [2.75, 3.05) is 26.2 Å². The zero-order valence-electron chi connectivity index (χ0n) is 15.9. The number of hydrogen-bond donors (Lipinski definition) is 1. The van der Waals surface area contributed by atoms with E-state index in [1.54, 1.807) is 17.0 Å². The van der Waals surface area contributed by atoms with Gasteiger partial charge in [0.1, 0.15) is 11.9 Å². The van der Waals surface area contributed by atoms with Gasteiger partial charge in [0.2, 0.25) is 5.91 Å². The number of piperazine rings is 1. The fraction of sp³-hybridized carbons (Fsp3) is 0.217. The van der Waals surface area contributed by atoms with Crippen LogP contribution in [0.25, 0.3) is 10.8 Å². The molecule has 148 valence electrons. The Labute approximate surface area is 168 Å². The lowest BCUT2D eigenvalue weighted by Gasteiger charge is -2.38. The zero-order chi connectivity index (χ0) is 20.4. The van der Waals surface area contributed by atoms with Crippen LogP contribution in [0.2, 0.25) is 0 Å². The highest BCUT2D eigenvalue weighted by Crippen LogP contribution is 2.24. The highest BCUT2D eigenvalue weighted by molar-refractivity contribution is 6.07. The van der Waals surface area contributed by atoms with Gasteiger partial charge in [0, 0.05) is 31.7 Å². The Morgan fingerprint density at radius 2 is 1.52 bits per heavy atom. The van der Waals surface area contributed by atoms with Crippen LogP contribution in [-0.4, -0.2) is 47.8 Å². The fourth-order valence-corrected chi connectivity index (χ4v) is 3.97. The minimum Gasteiger partial charge on any atom is -0.368 e. The molecule has 1 aliphatic heterocycles. The van der Waals surface area contributed by atoms with Crippen molar-refractivity contribution in [3.63, 3.8) is 0 Å². The quantitative estimate of drug-likeness (QED) is 0.744. The van der Waals surface area contributed by atoms with Crippen LogP contribution in [-0.2, 0) is 4.79 Å². The second-order valence-corrected chi connectivity index (χ2v) is 7.21. The maximum atomic E-state index is 13.2. The van der Waals surface area contributed by atoms with Crippen LogP contribution >= 0.6 is 0 Å². The molecule has 1 atom stereocenters. The Balaban J connectivity index is 1.50. The van der Waals surface area contributed by atoms with Crippen molar-refractivity contribution in [1.29, 1.82) is 0 Å². The van der Waals surface area contributed by atoms with Gasteiger partial charge < -0.3 is 10.6 Å². The molecule has 0 saturated carbocycles. The molecule has 3 aromatic carbocycles. The number of primary amides is 1. The molecule has 29 heavy (non-hydrogen) atoms. The molecular weight excluding hydrogens is 369 g/mol. The summed E-state index contributed by atoms with van der Waals surface area (Å²) in [7, 11) is 0. The van der Waals surface area contributed by atoms with E-state index < -0.39 is 11.9 Å². The molecule has 1 fully saturated rings. The van der Waals surface area contributed by atoms with Crippen molar-refractivity contribution >= 4 is 22.6 Å². The van der Waals surface area contributed by atoms with E-state index in [-0.39, 0.29) is 11.7 Å². The molecule has 0 bridgehead atoms. The molecule has 2 N–H and O–H groups in total. The molecule has 0 spiro atoms. The Bertz CT molecular complexity index is 1040. The molecule has 4 rings (SSSR count). The van der Waals surface area contributed by atoms with Gasteiger partial charge in [-0.05, 0) is 34.5 Å². The summed E-state index contributed by atoms with van der Waals surface area (Å²) in [5.74, 6) is -0.855. The summed E-state index contributed by atoms with van der Waals surface area (Å²) in [6.07, 6.45) is 0. The molecule has 6 heteroatoms. The predicted octanol–water partition coefficient (Wildman–Crippen LogP) is 2.96. The van der Waals surface area contributed by atoms with E-state index >= 15 is 0 Å². The van der Waals surface area contributed by atoms with E-state index in [1.807, 2.05) is 47.4 Å². The lowest BCUT2D eigenvalue weighted by Crippen LogP contribution is -2.51. The lowest BCUT2D eigenvalue weighted by atomic mass is 10.0. The largest absolute Gasteiger partial charge is 0.368 e. The van der Waals surface area contributed by atoms with Gasteiger partial charge in [-0.25, -0.2) is 4.39 Å².